The van der Waals surface area contributed by atoms with Crippen molar-refractivity contribution in [2.45, 2.75) is 36.9 Å². The molecule has 2 aromatic heterocycles. The summed E-state index contributed by atoms with van der Waals surface area (Å²) in [7, 11) is 0. The van der Waals surface area contributed by atoms with E-state index < -0.39 is 55.6 Å². The lowest BCUT2D eigenvalue weighted by Crippen LogP contribution is -2.52. The molecule has 0 bridgehead atoms. The van der Waals surface area contributed by atoms with Crippen LogP contribution in [-0.2, 0) is 25.5 Å². The summed E-state index contributed by atoms with van der Waals surface area (Å²) in [4.78, 5) is 39.0. The molecular weight excluding hydrogens is 534 g/mol. The molecule has 0 radical (unpaired) electrons. The van der Waals surface area contributed by atoms with Gasteiger partial charge in [0, 0.05) is 19.5 Å². The predicted octanol–water partition coefficient (Wildman–Crippen LogP) is 0.727. The van der Waals surface area contributed by atoms with Crippen LogP contribution in [-0.4, -0.2) is 96.0 Å². The highest BCUT2D eigenvalue weighted by molar-refractivity contribution is 6.28. The average molecular weight is 560 g/mol. The molecule has 3 atom stereocenters. The molecule has 0 spiro atoms. The van der Waals surface area contributed by atoms with E-state index in [1.165, 1.54) is 10.9 Å². The minimum atomic E-state index is -2.67. The summed E-state index contributed by atoms with van der Waals surface area (Å²) in [6.45, 7) is 0.112. The van der Waals surface area contributed by atoms with Crippen molar-refractivity contribution >= 4 is 40.5 Å². The van der Waals surface area contributed by atoms with Gasteiger partial charge in [0.05, 0.1) is 19.5 Å². The molecule has 1 aliphatic heterocycles. The Morgan fingerprint density at radius 2 is 1.87 bits per heavy atom. The first-order valence-corrected chi connectivity index (χ1v) is 12.3. The smallest absolute Gasteiger partial charge is 0.348 e. The van der Waals surface area contributed by atoms with Gasteiger partial charge in [-0.25, -0.2) is 14.6 Å². The van der Waals surface area contributed by atoms with Crippen molar-refractivity contribution in [1.29, 1.82) is 0 Å². The summed E-state index contributed by atoms with van der Waals surface area (Å²) in [6, 6.07) is 8.09. The summed E-state index contributed by atoms with van der Waals surface area (Å²) in [5, 5.41) is 40.2. The van der Waals surface area contributed by atoms with E-state index in [0.29, 0.717) is 16.9 Å². The Hall–Kier alpha value is -3.80. The molecule has 0 aliphatic carbocycles. The SMILES string of the molecule is C#C[C@@H](O)[C@@H](O[C@@H](CO)COC(Cc1ccccc1)(C(=O)O)C(=O)O)n1cnc2c(N3CCC3)nc(Cl)nc21. The lowest BCUT2D eigenvalue weighted by atomic mass is 9.94. The zero-order valence-electron chi connectivity index (χ0n) is 20.6. The van der Waals surface area contributed by atoms with E-state index >= 15 is 0 Å². The highest BCUT2D eigenvalue weighted by atomic mass is 35.5. The Labute approximate surface area is 227 Å². The Bertz CT molecular complexity index is 1360. The van der Waals surface area contributed by atoms with Gasteiger partial charge in [-0.15, -0.1) is 6.42 Å². The second kappa shape index (κ2) is 11.9. The van der Waals surface area contributed by atoms with Crippen LogP contribution in [0.2, 0.25) is 5.28 Å². The first-order chi connectivity index (χ1) is 18.7. The van der Waals surface area contributed by atoms with Crippen LogP contribution in [0.1, 0.15) is 18.2 Å². The van der Waals surface area contributed by atoms with Crippen LogP contribution in [0.5, 0.6) is 0 Å². The van der Waals surface area contributed by atoms with Gasteiger partial charge in [0.1, 0.15) is 6.10 Å². The largest absolute Gasteiger partial charge is 0.479 e. The molecule has 3 aromatic rings. The van der Waals surface area contributed by atoms with Crippen LogP contribution in [0.4, 0.5) is 5.82 Å². The number of nitrogens with zero attached hydrogens (tertiary/aromatic N) is 5. The van der Waals surface area contributed by atoms with Gasteiger partial charge in [-0.3, -0.25) is 4.57 Å². The number of carboxylic acid groups (broad SMARTS) is 2. The van der Waals surface area contributed by atoms with E-state index in [4.69, 9.17) is 27.5 Å². The maximum atomic E-state index is 12.1. The van der Waals surface area contributed by atoms with Gasteiger partial charge in [-0.1, -0.05) is 36.3 Å². The molecule has 13 nitrogen and oxygen atoms in total. The molecule has 0 saturated carbocycles. The van der Waals surface area contributed by atoms with Crippen molar-refractivity contribution in [2.75, 3.05) is 31.2 Å². The monoisotopic (exact) mass is 559 g/mol. The number of carboxylic acids is 2. The normalized spacial score (nSPS) is 15.8. The summed E-state index contributed by atoms with van der Waals surface area (Å²) in [5.74, 6) is -0.823. The molecule has 206 valence electrons. The molecule has 1 fully saturated rings. The van der Waals surface area contributed by atoms with Crippen LogP contribution in [0, 0.1) is 12.3 Å². The molecule has 4 N–H and O–H groups in total. The lowest BCUT2D eigenvalue weighted by molar-refractivity contribution is -0.195. The molecule has 39 heavy (non-hydrogen) atoms. The Morgan fingerprint density at radius 3 is 2.44 bits per heavy atom. The third-order valence-corrected chi connectivity index (χ3v) is 6.45. The van der Waals surface area contributed by atoms with Gasteiger partial charge < -0.3 is 34.8 Å². The van der Waals surface area contributed by atoms with Crippen molar-refractivity contribution in [2.24, 2.45) is 0 Å². The molecule has 4 rings (SSSR count). The number of hydrogen-bond donors (Lipinski definition) is 4. The maximum Gasteiger partial charge on any atom is 0.348 e. The van der Waals surface area contributed by atoms with E-state index in [1.807, 2.05) is 4.90 Å². The fourth-order valence-electron chi connectivity index (χ4n) is 4.05. The summed E-state index contributed by atoms with van der Waals surface area (Å²) >= 11 is 6.15. The summed E-state index contributed by atoms with van der Waals surface area (Å²) < 4.78 is 12.6. The second-order valence-electron chi connectivity index (χ2n) is 8.83. The molecule has 1 aromatic carbocycles. The zero-order chi connectivity index (χ0) is 28.2. The van der Waals surface area contributed by atoms with E-state index in [2.05, 4.69) is 20.9 Å². The van der Waals surface area contributed by atoms with Crippen LogP contribution < -0.4 is 4.90 Å². The number of hydrogen-bond acceptors (Lipinski definition) is 10. The average Bonchev–Trinajstić information content (AvgIpc) is 3.30. The van der Waals surface area contributed by atoms with Crippen LogP contribution in [0.15, 0.2) is 36.7 Å². The van der Waals surface area contributed by atoms with Gasteiger partial charge in [0.2, 0.25) is 5.28 Å². The topological polar surface area (TPSA) is 180 Å². The molecule has 14 heteroatoms. The number of terminal acetylenes is 1. The molecule has 1 saturated heterocycles. The fraction of sp³-hybridized carbons (Fsp3) is 0.400. The Morgan fingerprint density at radius 1 is 1.18 bits per heavy atom. The van der Waals surface area contributed by atoms with Gasteiger partial charge in [0.15, 0.2) is 29.3 Å². The zero-order valence-corrected chi connectivity index (χ0v) is 21.3. The number of aliphatic hydroxyl groups is 2. The van der Waals surface area contributed by atoms with Crippen molar-refractivity contribution in [3.8, 4) is 12.3 Å². The minimum absolute atomic E-state index is 0.0734. The van der Waals surface area contributed by atoms with E-state index in [0.717, 1.165) is 19.5 Å². The van der Waals surface area contributed by atoms with Crippen molar-refractivity contribution in [1.82, 2.24) is 19.5 Å². The Balaban J connectivity index is 1.61. The molecule has 0 unspecified atom stereocenters. The van der Waals surface area contributed by atoms with Gasteiger partial charge >= 0.3 is 11.9 Å². The summed E-state index contributed by atoms with van der Waals surface area (Å²) in [5.41, 5.74) is -1.69. The number of benzene rings is 1. The number of carbonyl (C=O) groups is 2. The minimum Gasteiger partial charge on any atom is -0.479 e. The number of imidazole rings is 1. The standard InChI is InChI=1S/C25H26ClN5O8/c1-2-17(33)21(31-14-27-18-19(30-9-6-10-30)28-24(26)29-20(18)31)39-16(12-32)13-38-25(22(34)35,23(36)37)11-15-7-4-3-5-8-15/h1,3-5,7-8,14,16-17,21,32-33H,6,9-13H2,(H,34,35)(H,36,37)/t16-,17+,21+/m0/s1. The number of rotatable bonds is 13. The predicted molar refractivity (Wildman–Crippen MR) is 137 cm³/mol. The quantitative estimate of drug-likeness (QED) is 0.131. The molecular formula is C25H26ClN5O8. The first kappa shape index (κ1) is 28.2. The second-order valence-corrected chi connectivity index (χ2v) is 9.17. The van der Waals surface area contributed by atoms with Crippen LogP contribution >= 0.6 is 11.6 Å². The van der Waals surface area contributed by atoms with E-state index in [1.54, 1.807) is 30.3 Å². The van der Waals surface area contributed by atoms with E-state index in [-0.39, 0.29) is 10.9 Å². The number of fused-ring (bicyclic) bond motifs is 1. The molecule has 1 aliphatic rings. The number of halogens is 1. The lowest BCUT2D eigenvalue weighted by Gasteiger charge is -2.32. The maximum absolute atomic E-state index is 12.1. The third kappa shape index (κ3) is 5.80. The van der Waals surface area contributed by atoms with Gasteiger partial charge in [0.25, 0.3) is 5.60 Å². The first-order valence-electron chi connectivity index (χ1n) is 11.9. The Kier molecular flexibility index (Phi) is 8.63. The van der Waals surface area contributed by atoms with Gasteiger partial charge in [-0.2, -0.15) is 9.97 Å². The number of aliphatic hydroxyl groups excluding tert-OH is 2. The molecule has 3 heterocycles. The van der Waals surface area contributed by atoms with Crippen LogP contribution in [0.3, 0.4) is 0 Å². The van der Waals surface area contributed by atoms with E-state index in [9.17, 15) is 30.0 Å². The third-order valence-electron chi connectivity index (χ3n) is 6.28. The number of anilines is 1. The molecule has 0 amide bonds. The summed E-state index contributed by atoms with van der Waals surface area (Å²) in [6.07, 6.45) is 2.99. The highest BCUT2D eigenvalue weighted by Gasteiger charge is 2.49. The number of aromatic nitrogens is 4. The fourth-order valence-corrected chi connectivity index (χ4v) is 4.21. The van der Waals surface area contributed by atoms with Crippen molar-refractivity contribution in [3.05, 3.63) is 47.5 Å². The van der Waals surface area contributed by atoms with Crippen LogP contribution in [0.25, 0.3) is 11.2 Å². The number of aliphatic carboxylic acids is 2. The number of ether oxygens (including phenoxy) is 2. The van der Waals surface area contributed by atoms with Crippen molar-refractivity contribution < 1.29 is 39.5 Å². The van der Waals surface area contributed by atoms with Gasteiger partial charge in [-0.05, 0) is 23.6 Å². The highest BCUT2D eigenvalue weighted by Crippen LogP contribution is 2.30. The van der Waals surface area contributed by atoms with Crippen molar-refractivity contribution in [3.63, 3.8) is 0 Å².